The maximum atomic E-state index is 8.60. The minimum absolute atomic E-state index is 0.404. The second kappa shape index (κ2) is 4.13. The standard InChI is InChI=1S/C10H9N3/c1-3-6-13(2)10-4-5-12-9(7-10)8-11/h1,4-5,7H,6H2,2H3. The van der Waals surface area contributed by atoms with Crippen LogP contribution in [-0.4, -0.2) is 18.6 Å². The van der Waals surface area contributed by atoms with Crippen molar-refractivity contribution in [3.05, 3.63) is 24.0 Å². The van der Waals surface area contributed by atoms with E-state index in [0.717, 1.165) is 5.69 Å². The number of rotatable bonds is 2. The Morgan fingerprint density at radius 3 is 3.08 bits per heavy atom. The highest BCUT2D eigenvalue weighted by Gasteiger charge is 1.99. The maximum absolute atomic E-state index is 8.60. The van der Waals surface area contributed by atoms with Crippen molar-refractivity contribution in [1.29, 1.82) is 5.26 Å². The van der Waals surface area contributed by atoms with Crippen molar-refractivity contribution in [2.24, 2.45) is 0 Å². The normalized spacial score (nSPS) is 8.54. The molecule has 0 saturated heterocycles. The van der Waals surface area contributed by atoms with Crippen molar-refractivity contribution in [2.75, 3.05) is 18.5 Å². The number of hydrogen-bond acceptors (Lipinski definition) is 3. The Labute approximate surface area is 77.6 Å². The van der Waals surface area contributed by atoms with Gasteiger partial charge in [0.1, 0.15) is 11.8 Å². The molecule has 13 heavy (non-hydrogen) atoms. The number of nitriles is 1. The summed E-state index contributed by atoms with van der Waals surface area (Å²) in [6.45, 7) is 0.523. The summed E-state index contributed by atoms with van der Waals surface area (Å²) in [7, 11) is 1.87. The van der Waals surface area contributed by atoms with Crippen molar-refractivity contribution in [1.82, 2.24) is 4.98 Å². The van der Waals surface area contributed by atoms with Crippen LogP contribution in [0.2, 0.25) is 0 Å². The summed E-state index contributed by atoms with van der Waals surface area (Å²) >= 11 is 0. The van der Waals surface area contributed by atoms with E-state index >= 15 is 0 Å². The maximum Gasteiger partial charge on any atom is 0.142 e. The van der Waals surface area contributed by atoms with Gasteiger partial charge in [0.15, 0.2) is 0 Å². The zero-order valence-electron chi connectivity index (χ0n) is 7.36. The molecule has 3 nitrogen and oxygen atoms in total. The Hall–Kier alpha value is -2.00. The van der Waals surface area contributed by atoms with Crippen LogP contribution >= 0.6 is 0 Å². The first-order valence-corrected chi connectivity index (χ1v) is 3.78. The predicted octanol–water partition coefficient (Wildman–Crippen LogP) is 1.02. The summed E-state index contributed by atoms with van der Waals surface area (Å²) in [6.07, 6.45) is 6.76. The number of nitrogens with zero attached hydrogens (tertiary/aromatic N) is 3. The summed E-state index contributed by atoms with van der Waals surface area (Å²) in [5.41, 5.74) is 1.31. The first-order valence-electron chi connectivity index (χ1n) is 3.78. The molecular formula is C10H9N3. The van der Waals surface area contributed by atoms with Crippen LogP contribution in [0.25, 0.3) is 0 Å². The van der Waals surface area contributed by atoms with Gasteiger partial charge in [-0.2, -0.15) is 5.26 Å². The molecule has 0 radical (unpaired) electrons. The van der Waals surface area contributed by atoms with Gasteiger partial charge in [0.05, 0.1) is 6.54 Å². The molecule has 0 aliphatic rings. The second-order valence-corrected chi connectivity index (χ2v) is 2.57. The zero-order chi connectivity index (χ0) is 9.68. The van der Waals surface area contributed by atoms with Gasteiger partial charge in [-0.25, -0.2) is 4.98 Å². The molecular weight excluding hydrogens is 162 g/mol. The summed E-state index contributed by atoms with van der Waals surface area (Å²) in [5, 5.41) is 8.60. The Morgan fingerprint density at radius 2 is 2.46 bits per heavy atom. The first-order chi connectivity index (χ1) is 6.27. The average molecular weight is 171 g/mol. The van der Waals surface area contributed by atoms with Crippen molar-refractivity contribution < 1.29 is 0 Å². The van der Waals surface area contributed by atoms with Crippen LogP contribution in [-0.2, 0) is 0 Å². The summed E-state index contributed by atoms with van der Waals surface area (Å²) in [4.78, 5) is 5.74. The van der Waals surface area contributed by atoms with Crippen LogP contribution in [0.15, 0.2) is 18.3 Å². The van der Waals surface area contributed by atoms with Gasteiger partial charge >= 0.3 is 0 Å². The molecule has 0 aliphatic heterocycles. The van der Waals surface area contributed by atoms with E-state index in [1.54, 1.807) is 12.3 Å². The lowest BCUT2D eigenvalue weighted by molar-refractivity contribution is 1.04. The Morgan fingerprint density at radius 1 is 1.69 bits per heavy atom. The molecule has 1 aromatic rings. The third-order valence-electron chi connectivity index (χ3n) is 1.63. The molecule has 0 saturated carbocycles. The highest BCUT2D eigenvalue weighted by atomic mass is 15.1. The second-order valence-electron chi connectivity index (χ2n) is 2.57. The third-order valence-corrected chi connectivity index (χ3v) is 1.63. The molecule has 1 aromatic heterocycles. The summed E-state index contributed by atoms with van der Waals surface area (Å²) in [5.74, 6) is 2.53. The number of hydrogen-bond donors (Lipinski definition) is 0. The number of terminal acetylenes is 1. The third kappa shape index (κ3) is 2.21. The SMILES string of the molecule is C#CCN(C)c1ccnc(C#N)c1. The minimum Gasteiger partial charge on any atom is -0.363 e. The van der Waals surface area contributed by atoms with Gasteiger partial charge in [-0.05, 0) is 12.1 Å². The van der Waals surface area contributed by atoms with E-state index in [1.165, 1.54) is 0 Å². The van der Waals surface area contributed by atoms with Crippen LogP contribution in [0.5, 0.6) is 0 Å². The Kier molecular flexibility index (Phi) is 2.89. The monoisotopic (exact) mass is 171 g/mol. The van der Waals surface area contributed by atoms with E-state index in [0.29, 0.717) is 12.2 Å². The lowest BCUT2D eigenvalue weighted by Crippen LogP contribution is -2.16. The van der Waals surface area contributed by atoms with E-state index in [9.17, 15) is 0 Å². The summed E-state index contributed by atoms with van der Waals surface area (Å²) < 4.78 is 0. The topological polar surface area (TPSA) is 39.9 Å². The molecule has 0 aromatic carbocycles. The first kappa shape index (κ1) is 9.09. The molecule has 0 amide bonds. The van der Waals surface area contributed by atoms with Crippen LogP contribution in [0, 0.1) is 23.7 Å². The van der Waals surface area contributed by atoms with Gasteiger partial charge in [-0.3, -0.25) is 0 Å². The fourth-order valence-corrected chi connectivity index (χ4v) is 0.946. The van der Waals surface area contributed by atoms with Gasteiger partial charge in [0, 0.05) is 18.9 Å². The highest BCUT2D eigenvalue weighted by Crippen LogP contribution is 2.11. The van der Waals surface area contributed by atoms with E-state index < -0.39 is 0 Å². The van der Waals surface area contributed by atoms with Crippen molar-refractivity contribution in [2.45, 2.75) is 0 Å². The van der Waals surface area contributed by atoms with Gasteiger partial charge < -0.3 is 4.90 Å². The van der Waals surface area contributed by atoms with Crippen LogP contribution in [0.3, 0.4) is 0 Å². The molecule has 0 fully saturated rings. The van der Waals surface area contributed by atoms with Gasteiger partial charge in [0.25, 0.3) is 0 Å². The van der Waals surface area contributed by atoms with Crippen molar-refractivity contribution in [3.63, 3.8) is 0 Å². The molecule has 0 bridgehead atoms. The highest BCUT2D eigenvalue weighted by molar-refractivity contribution is 5.48. The fraction of sp³-hybridized carbons (Fsp3) is 0.200. The van der Waals surface area contributed by atoms with Gasteiger partial charge in [-0.15, -0.1) is 6.42 Å². The van der Waals surface area contributed by atoms with E-state index in [1.807, 2.05) is 24.1 Å². The molecule has 0 aliphatic carbocycles. The van der Waals surface area contributed by atoms with Crippen LogP contribution in [0.1, 0.15) is 5.69 Å². The Bertz CT molecular complexity index is 370. The molecule has 0 unspecified atom stereocenters. The molecule has 0 atom stereocenters. The largest absolute Gasteiger partial charge is 0.363 e. The van der Waals surface area contributed by atoms with Crippen molar-refractivity contribution >= 4 is 5.69 Å². The Balaban J connectivity index is 2.91. The number of aromatic nitrogens is 1. The van der Waals surface area contributed by atoms with E-state index in [4.69, 9.17) is 11.7 Å². The van der Waals surface area contributed by atoms with Crippen molar-refractivity contribution in [3.8, 4) is 18.4 Å². The lowest BCUT2D eigenvalue weighted by atomic mass is 10.3. The van der Waals surface area contributed by atoms with Crippen LogP contribution in [0.4, 0.5) is 5.69 Å². The number of anilines is 1. The van der Waals surface area contributed by atoms with Gasteiger partial charge in [0.2, 0.25) is 0 Å². The smallest absolute Gasteiger partial charge is 0.142 e. The molecule has 1 heterocycles. The summed E-state index contributed by atoms with van der Waals surface area (Å²) in [6, 6.07) is 5.50. The molecule has 3 heteroatoms. The molecule has 0 spiro atoms. The minimum atomic E-state index is 0.404. The lowest BCUT2D eigenvalue weighted by Gasteiger charge is -2.15. The average Bonchev–Trinajstić information content (AvgIpc) is 2.18. The van der Waals surface area contributed by atoms with Gasteiger partial charge in [-0.1, -0.05) is 5.92 Å². The molecule has 0 N–H and O–H groups in total. The molecule has 1 rings (SSSR count). The quantitative estimate of drug-likeness (QED) is 0.624. The molecule has 64 valence electrons. The van der Waals surface area contributed by atoms with Crippen LogP contribution < -0.4 is 4.90 Å². The fourth-order valence-electron chi connectivity index (χ4n) is 0.946. The van der Waals surface area contributed by atoms with E-state index in [-0.39, 0.29) is 0 Å². The predicted molar refractivity (Wildman–Crippen MR) is 51.1 cm³/mol. The van der Waals surface area contributed by atoms with E-state index in [2.05, 4.69) is 10.9 Å². The number of pyridine rings is 1. The zero-order valence-corrected chi connectivity index (χ0v) is 7.36.